The number of ether oxygens (including phenoxy) is 3. The predicted molar refractivity (Wildman–Crippen MR) is 127 cm³/mol. The van der Waals surface area contributed by atoms with Gasteiger partial charge in [0, 0.05) is 59.1 Å². The molecule has 4 N–H and O–H groups in total. The van der Waals surface area contributed by atoms with Crippen molar-refractivity contribution in [2.24, 2.45) is 0 Å². The van der Waals surface area contributed by atoms with E-state index in [-0.39, 0.29) is 0 Å². The van der Waals surface area contributed by atoms with Gasteiger partial charge in [-0.15, -0.1) is 0 Å². The molecule has 2 aromatic carbocycles. The van der Waals surface area contributed by atoms with E-state index in [4.69, 9.17) is 25.7 Å². The lowest BCUT2D eigenvalue weighted by molar-refractivity contribution is 0.0321. The molecule has 0 amide bonds. The fourth-order valence-electron chi connectivity index (χ4n) is 4.31. The molecule has 166 valence electrons. The third kappa shape index (κ3) is 3.51. The van der Waals surface area contributed by atoms with E-state index in [2.05, 4.69) is 14.9 Å². The molecule has 0 saturated carbocycles. The van der Waals surface area contributed by atoms with Crippen LogP contribution < -0.4 is 20.9 Å². The van der Waals surface area contributed by atoms with E-state index in [0.717, 1.165) is 71.0 Å². The standard InChI is InChI=1S/C24H27N5O3/c1-14-18(25)4-3-15-22-16-11-20(30-2)21(32-10-7-29-5-8-31-9-6-29)12-19(16)27-13-17(22)24(26)28-23(14)15/h3-4,11-13H,5-10,25H2,1-2H3,(H2,26,28). The molecule has 32 heavy (non-hydrogen) atoms. The topological polar surface area (TPSA) is 109 Å². The maximum Gasteiger partial charge on any atom is 0.163 e. The number of methoxy groups -OCH3 is 1. The van der Waals surface area contributed by atoms with Crippen molar-refractivity contribution in [3.63, 3.8) is 0 Å². The summed E-state index contributed by atoms with van der Waals surface area (Å²) in [5, 5.41) is 3.70. The van der Waals surface area contributed by atoms with E-state index in [1.54, 1.807) is 13.3 Å². The minimum Gasteiger partial charge on any atom is -0.493 e. The molecule has 3 heterocycles. The third-order valence-corrected chi connectivity index (χ3v) is 6.17. The van der Waals surface area contributed by atoms with Crippen LogP contribution in [0.2, 0.25) is 0 Å². The van der Waals surface area contributed by atoms with Gasteiger partial charge in [0.05, 0.1) is 31.4 Å². The molecule has 8 heteroatoms. The third-order valence-electron chi connectivity index (χ3n) is 6.17. The van der Waals surface area contributed by atoms with Gasteiger partial charge in [0.25, 0.3) is 0 Å². The van der Waals surface area contributed by atoms with Crippen molar-refractivity contribution in [2.75, 3.05) is 58.0 Å². The summed E-state index contributed by atoms with van der Waals surface area (Å²) >= 11 is 0. The van der Waals surface area contributed by atoms with Gasteiger partial charge in [0.2, 0.25) is 0 Å². The molecule has 2 aromatic heterocycles. The van der Waals surface area contributed by atoms with Crippen molar-refractivity contribution >= 4 is 44.1 Å². The Morgan fingerprint density at radius 1 is 1.06 bits per heavy atom. The van der Waals surface area contributed by atoms with E-state index in [0.29, 0.717) is 29.6 Å². The van der Waals surface area contributed by atoms with Crippen LogP contribution in [0.3, 0.4) is 0 Å². The lowest BCUT2D eigenvalue weighted by Crippen LogP contribution is -2.38. The second-order valence-electron chi connectivity index (χ2n) is 8.04. The smallest absolute Gasteiger partial charge is 0.163 e. The maximum atomic E-state index is 6.31. The van der Waals surface area contributed by atoms with Gasteiger partial charge in [-0.25, -0.2) is 4.98 Å². The van der Waals surface area contributed by atoms with E-state index < -0.39 is 0 Å². The van der Waals surface area contributed by atoms with Gasteiger partial charge < -0.3 is 25.7 Å². The normalized spacial score (nSPS) is 14.9. The number of benzene rings is 2. The molecule has 1 aliphatic rings. The van der Waals surface area contributed by atoms with E-state index in [1.165, 1.54) is 0 Å². The number of rotatable bonds is 5. The minimum atomic E-state index is 0.431. The number of nitrogens with zero attached hydrogens (tertiary/aromatic N) is 3. The molecule has 0 unspecified atom stereocenters. The zero-order valence-electron chi connectivity index (χ0n) is 18.4. The first-order chi connectivity index (χ1) is 15.6. The van der Waals surface area contributed by atoms with Crippen LogP contribution in [0.25, 0.3) is 32.6 Å². The van der Waals surface area contributed by atoms with Crippen LogP contribution in [0.15, 0.2) is 30.5 Å². The summed E-state index contributed by atoms with van der Waals surface area (Å²) in [5.41, 5.74) is 15.6. The molecule has 1 aliphatic heterocycles. The van der Waals surface area contributed by atoms with E-state index in [9.17, 15) is 0 Å². The monoisotopic (exact) mass is 433 g/mol. The van der Waals surface area contributed by atoms with Crippen LogP contribution in [-0.2, 0) is 4.74 Å². The summed E-state index contributed by atoms with van der Waals surface area (Å²) < 4.78 is 17.2. The summed E-state index contributed by atoms with van der Waals surface area (Å²) in [5.74, 6) is 1.76. The summed E-state index contributed by atoms with van der Waals surface area (Å²) in [7, 11) is 1.65. The van der Waals surface area contributed by atoms with Crippen LogP contribution in [0, 0.1) is 6.92 Å². The summed E-state index contributed by atoms with van der Waals surface area (Å²) in [4.78, 5) is 11.6. The first-order valence-corrected chi connectivity index (χ1v) is 10.7. The van der Waals surface area contributed by atoms with Crippen LogP contribution >= 0.6 is 0 Å². The minimum absolute atomic E-state index is 0.431. The van der Waals surface area contributed by atoms with Crippen molar-refractivity contribution in [1.29, 1.82) is 0 Å². The number of hydrogen-bond acceptors (Lipinski definition) is 8. The zero-order chi connectivity index (χ0) is 22.2. The molecule has 1 fully saturated rings. The lowest BCUT2D eigenvalue weighted by atomic mass is 9.99. The molecule has 5 rings (SSSR count). The number of aromatic nitrogens is 2. The van der Waals surface area contributed by atoms with E-state index >= 15 is 0 Å². The Kier molecular flexibility index (Phi) is 5.32. The number of nitrogens with two attached hydrogens (primary N) is 2. The van der Waals surface area contributed by atoms with Crippen molar-refractivity contribution in [2.45, 2.75) is 6.92 Å². The van der Waals surface area contributed by atoms with Gasteiger partial charge in [0.1, 0.15) is 12.4 Å². The SMILES string of the molecule is COc1cc2c(cc1OCCN1CCOCC1)ncc1c(N)nc3c(C)c(N)ccc3c12. The summed E-state index contributed by atoms with van der Waals surface area (Å²) in [6.07, 6.45) is 1.77. The number of nitrogen functional groups attached to an aromatic ring is 2. The van der Waals surface area contributed by atoms with E-state index in [1.807, 2.05) is 31.2 Å². The highest BCUT2D eigenvalue weighted by Crippen LogP contribution is 2.39. The van der Waals surface area contributed by atoms with Crippen LogP contribution in [-0.4, -0.2) is 61.4 Å². The summed E-state index contributed by atoms with van der Waals surface area (Å²) in [6.45, 7) is 6.76. The quantitative estimate of drug-likeness (QED) is 0.365. The Hall–Kier alpha value is -3.36. The van der Waals surface area contributed by atoms with Crippen molar-refractivity contribution in [3.8, 4) is 11.5 Å². The van der Waals surface area contributed by atoms with Crippen LogP contribution in [0.5, 0.6) is 11.5 Å². The molecule has 8 nitrogen and oxygen atoms in total. The number of pyridine rings is 2. The van der Waals surface area contributed by atoms with Crippen molar-refractivity contribution in [1.82, 2.24) is 14.9 Å². The van der Waals surface area contributed by atoms with Gasteiger partial charge >= 0.3 is 0 Å². The van der Waals surface area contributed by atoms with Crippen LogP contribution in [0.4, 0.5) is 11.5 Å². The van der Waals surface area contributed by atoms with Crippen molar-refractivity contribution in [3.05, 3.63) is 36.0 Å². The Morgan fingerprint density at radius 2 is 1.88 bits per heavy atom. The zero-order valence-corrected chi connectivity index (χ0v) is 18.4. The number of anilines is 2. The molecule has 4 aromatic rings. The van der Waals surface area contributed by atoms with Crippen molar-refractivity contribution < 1.29 is 14.2 Å². The number of fused-ring (bicyclic) bond motifs is 5. The van der Waals surface area contributed by atoms with Gasteiger partial charge in [-0.1, -0.05) is 6.07 Å². The second kappa shape index (κ2) is 8.29. The Labute approximate surface area is 186 Å². The highest BCUT2D eigenvalue weighted by molar-refractivity contribution is 6.21. The summed E-state index contributed by atoms with van der Waals surface area (Å²) in [6, 6.07) is 7.80. The Bertz CT molecular complexity index is 1320. The fourth-order valence-corrected chi connectivity index (χ4v) is 4.31. The first kappa shape index (κ1) is 20.5. The molecule has 0 atom stereocenters. The second-order valence-corrected chi connectivity index (χ2v) is 8.04. The number of morpholine rings is 1. The number of hydrogen-bond donors (Lipinski definition) is 2. The molecule has 1 saturated heterocycles. The van der Waals surface area contributed by atoms with Gasteiger partial charge in [-0.2, -0.15) is 0 Å². The Morgan fingerprint density at radius 3 is 2.66 bits per heavy atom. The van der Waals surface area contributed by atoms with Gasteiger partial charge in [0.15, 0.2) is 11.5 Å². The number of aryl methyl sites for hydroxylation is 1. The van der Waals surface area contributed by atoms with Gasteiger partial charge in [-0.05, 0) is 24.6 Å². The molecular formula is C24H27N5O3. The largest absolute Gasteiger partial charge is 0.493 e. The molecular weight excluding hydrogens is 406 g/mol. The highest BCUT2D eigenvalue weighted by Gasteiger charge is 2.17. The molecule has 0 aliphatic carbocycles. The molecule has 0 bridgehead atoms. The van der Waals surface area contributed by atoms with Gasteiger partial charge in [-0.3, -0.25) is 9.88 Å². The average Bonchev–Trinajstić information content (AvgIpc) is 2.81. The fraction of sp³-hybridized carbons (Fsp3) is 0.333. The maximum absolute atomic E-state index is 6.31. The lowest BCUT2D eigenvalue weighted by Gasteiger charge is -2.26. The molecule has 0 radical (unpaired) electrons. The average molecular weight is 434 g/mol. The van der Waals surface area contributed by atoms with Crippen LogP contribution in [0.1, 0.15) is 5.56 Å². The first-order valence-electron chi connectivity index (χ1n) is 10.7. The molecule has 0 spiro atoms. The Balaban J connectivity index is 1.60. The predicted octanol–water partition coefficient (Wildman–Crippen LogP) is 3.13. The highest BCUT2D eigenvalue weighted by atomic mass is 16.5.